The molecule has 102 valence electrons. The Balaban J connectivity index is 2.85. The zero-order valence-corrected chi connectivity index (χ0v) is 13.2. The molecule has 0 radical (unpaired) electrons. The normalized spacial score (nSPS) is 13.5. The highest BCUT2D eigenvalue weighted by Gasteiger charge is 2.22. The summed E-state index contributed by atoms with van der Waals surface area (Å²) >= 11 is 6.45. The van der Waals surface area contributed by atoms with Crippen molar-refractivity contribution in [3.05, 3.63) is 28.8 Å². The van der Waals surface area contributed by atoms with Gasteiger partial charge in [-0.15, -0.1) is 11.6 Å². The second kappa shape index (κ2) is 5.97. The average molecular weight is 269 g/mol. The van der Waals surface area contributed by atoms with Crippen LogP contribution in [-0.4, -0.2) is 12.5 Å². The third-order valence-corrected chi connectivity index (χ3v) is 4.26. The van der Waals surface area contributed by atoms with Crippen LogP contribution in [0.2, 0.25) is 0 Å². The van der Waals surface area contributed by atoms with E-state index in [1.807, 2.05) is 0 Å². The van der Waals surface area contributed by atoms with Gasteiger partial charge in [0.1, 0.15) is 5.75 Å². The summed E-state index contributed by atoms with van der Waals surface area (Å²) in [7, 11) is 1.74. The van der Waals surface area contributed by atoms with Gasteiger partial charge in [-0.05, 0) is 54.9 Å². The Morgan fingerprint density at radius 3 is 2.33 bits per heavy atom. The Bertz CT molecular complexity index is 404. The van der Waals surface area contributed by atoms with Gasteiger partial charge in [-0.25, -0.2) is 0 Å². The Kier molecular flexibility index (Phi) is 5.10. The highest BCUT2D eigenvalue weighted by Crippen LogP contribution is 2.31. The molecule has 2 heteroatoms. The number of halogens is 1. The zero-order valence-electron chi connectivity index (χ0n) is 12.4. The fraction of sp³-hybridized carbons (Fsp3) is 0.625. The van der Waals surface area contributed by atoms with Crippen LogP contribution in [0.4, 0.5) is 0 Å². The lowest BCUT2D eigenvalue weighted by Gasteiger charge is -2.25. The lowest BCUT2D eigenvalue weighted by Crippen LogP contribution is -2.21. The highest BCUT2D eigenvalue weighted by atomic mass is 35.5. The second-order valence-electron chi connectivity index (χ2n) is 6.13. The van der Waals surface area contributed by atoms with Crippen molar-refractivity contribution in [1.82, 2.24) is 0 Å². The summed E-state index contributed by atoms with van der Waals surface area (Å²) in [6, 6.07) is 4.31. The molecule has 1 nitrogen and oxygen atoms in total. The van der Waals surface area contributed by atoms with Gasteiger partial charge in [-0.1, -0.05) is 26.8 Å². The predicted octanol–water partition coefficient (Wildman–Crippen LogP) is 4.90. The van der Waals surface area contributed by atoms with Crippen molar-refractivity contribution in [3.8, 4) is 5.75 Å². The molecule has 0 heterocycles. The van der Waals surface area contributed by atoms with E-state index in [1.165, 1.54) is 16.7 Å². The first-order chi connectivity index (χ1) is 8.25. The number of ether oxygens (including phenoxy) is 1. The van der Waals surface area contributed by atoms with E-state index >= 15 is 0 Å². The third-order valence-electron chi connectivity index (χ3n) is 3.38. The van der Waals surface area contributed by atoms with Crippen molar-refractivity contribution in [2.24, 2.45) is 5.41 Å². The summed E-state index contributed by atoms with van der Waals surface area (Å²) < 4.78 is 5.48. The van der Waals surface area contributed by atoms with Crippen molar-refractivity contribution < 1.29 is 4.74 Å². The number of aryl methyl sites for hydroxylation is 2. The van der Waals surface area contributed by atoms with Gasteiger partial charge in [-0.3, -0.25) is 0 Å². The summed E-state index contributed by atoms with van der Waals surface area (Å²) in [5, 5.41) is 0.183. The molecule has 0 aliphatic carbocycles. The molecule has 18 heavy (non-hydrogen) atoms. The summed E-state index contributed by atoms with van der Waals surface area (Å²) in [5.41, 5.74) is 3.97. The fourth-order valence-electron chi connectivity index (χ4n) is 2.17. The molecular formula is C16H25ClO. The van der Waals surface area contributed by atoms with Gasteiger partial charge < -0.3 is 4.74 Å². The summed E-state index contributed by atoms with van der Waals surface area (Å²) in [6.45, 7) is 10.8. The molecule has 0 aliphatic rings. The van der Waals surface area contributed by atoms with Crippen molar-refractivity contribution in [2.75, 3.05) is 7.11 Å². The monoisotopic (exact) mass is 268 g/mol. The molecule has 0 N–H and O–H groups in total. The Hall–Kier alpha value is -0.690. The third kappa shape index (κ3) is 3.91. The molecule has 0 saturated carbocycles. The molecule has 0 amide bonds. The van der Waals surface area contributed by atoms with Crippen LogP contribution in [0.15, 0.2) is 12.1 Å². The first kappa shape index (κ1) is 15.4. The van der Waals surface area contributed by atoms with Crippen LogP contribution < -0.4 is 4.74 Å². The molecule has 0 aromatic heterocycles. The number of alkyl halides is 1. The summed E-state index contributed by atoms with van der Waals surface area (Å²) in [5.74, 6) is 0.991. The van der Waals surface area contributed by atoms with Gasteiger partial charge in [0.15, 0.2) is 0 Å². The van der Waals surface area contributed by atoms with Crippen LogP contribution in [-0.2, 0) is 6.42 Å². The van der Waals surface area contributed by atoms with Crippen LogP contribution in [0.1, 0.15) is 43.9 Å². The first-order valence-corrected chi connectivity index (χ1v) is 6.97. The standard InChI is InChI=1S/C16H25ClO/c1-11-9-12(2)13(14(10-11)18-6)7-8-15(17)16(3,4)5/h9-10,15H,7-8H2,1-6H3. The SMILES string of the molecule is COc1cc(C)cc(C)c1CCC(Cl)C(C)(C)C. The Labute approximate surface area is 116 Å². The lowest BCUT2D eigenvalue weighted by molar-refractivity contribution is 0.370. The zero-order chi connectivity index (χ0) is 13.9. The smallest absolute Gasteiger partial charge is 0.122 e. The number of hydrogen-bond donors (Lipinski definition) is 0. The van der Waals surface area contributed by atoms with E-state index < -0.39 is 0 Å². The van der Waals surface area contributed by atoms with Gasteiger partial charge >= 0.3 is 0 Å². The van der Waals surface area contributed by atoms with E-state index in [9.17, 15) is 0 Å². The van der Waals surface area contributed by atoms with E-state index in [0.29, 0.717) is 0 Å². The quantitative estimate of drug-likeness (QED) is 0.706. The van der Waals surface area contributed by atoms with Crippen LogP contribution in [0.25, 0.3) is 0 Å². The Morgan fingerprint density at radius 2 is 1.83 bits per heavy atom. The van der Waals surface area contributed by atoms with E-state index in [0.717, 1.165) is 18.6 Å². The summed E-state index contributed by atoms with van der Waals surface area (Å²) in [6.07, 6.45) is 1.95. The molecule has 1 aromatic rings. The molecule has 0 aliphatic heterocycles. The Morgan fingerprint density at radius 1 is 1.22 bits per heavy atom. The second-order valence-corrected chi connectivity index (χ2v) is 6.66. The molecule has 1 atom stereocenters. The summed E-state index contributed by atoms with van der Waals surface area (Å²) in [4.78, 5) is 0. The van der Waals surface area contributed by atoms with Gasteiger partial charge in [0.2, 0.25) is 0 Å². The van der Waals surface area contributed by atoms with E-state index in [-0.39, 0.29) is 10.8 Å². The number of methoxy groups -OCH3 is 1. The van der Waals surface area contributed by atoms with Gasteiger partial charge in [0, 0.05) is 5.38 Å². The van der Waals surface area contributed by atoms with Crippen molar-refractivity contribution in [1.29, 1.82) is 0 Å². The molecule has 0 saturated heterocycles. The predicted molar refractivity (Wildman–Crippen MR) is 79.9 cm³/mol. The maximum atomic E-state index is 6.45. The van der Waals surface area contributed by atoms with Crippen LogP contribution in [0.5, 0.6) is 5.75 Å². The molecule has 0 spiro atoms. The van der Waals surface area contributed by atoms with E-state index in [4.69, 9.17) is 16.3 Å². The minimum absolute atomic E-state index is 0.146. The van der Waals surface area contributed by atoms with Crippen LogP contribution in [0.3, 0.4) is 0 Å². The van der Waals surface area contributed by atoms with Crippen molar-refractivity contribution in [2.45, 2.75) is 52.8 Å². The van der Waals surface area contributed by atoms with Gasteiger partial charge in [0.05, 0.1) is 7.11 Å². The number of benzene rings is 1. The van der Waals surface area contributed by atoms with Crippen LogP contribution >= 0.6 is 11.6 Å². The number of hydrogen-bond acceptors (Lipinski definition) is 1. The molecule has 0 fully saturated rings. The molecular weight excluding hydrogens is 244 g/mol. The van der Waals surface area contributed by atoms with Crippen molar-refractivity contribution >= 4 is 11.6 Å². The maximum Gasteiger partial charge on any atom is 0.122 e. The largest absolute Gasteiger partial charge is 0.496 e. The highest BCUT2D eigenvalue weighted by molar-refractivity contribution is 6.21. The molecule has 1 unspecified atom stereocenters. The minimum atomic E-state index is 0.146. The average Bonchev–Trinajstić information content (AvgIpc) is 2.25. The molecule has 0 bridgehead atoms. The van der Waals surface area contributed by atoms with Gasteiger partial charge in [0.25, 0.3) is 0 Å². The van der Waals surface area contributed by atoms with Crippen molar-refractivity contribution in [3.63, 3.8) is 0 Å². The van der Waals surface area contributed by atoms with Crippen LogP contribution in [0, 0.1) is 19.3 Å². The topological polar surface area (TPSA) is 9.23 Å². The maximum absolute atomic E-state index is 6.45. The van der Waals surface area contributed by atoms with E-state index in [1.54, 1.807) is 7.11 Å². The lowest BCUT2D eigenvalue weighted by atomic mass is 9.87. The first-order valence-electron chi connectivity index (χ1n) is 6.54. The van der Waals surface area contributed by atoms with E-state index in [2.05, 4.69) is 46.8 Å². The minimum Gasteiger partial charge on any atom is -0.496 e. The fourth-order valence-corrected chi connectivity index (χ4v) is 2.27. The molecule has 1 aromatic carbocycles. The van der Waals surface area contributed by atoms with Gasteiger partial charge in [-0.2, -0.15) is 0 Å². The number of rotatable bonds is 4. The molecule has 1 rings (SSSR count).